The van der Waals surface area contributed by atoms with Crippen LogP contribution in [0.15, 0.2) is 10.9 Å². The summed E-state index contributed by atoms with van der Waals surface area (Å²) < 4.78 is 0. The smallest absolute Gasteiger partial charge is 0.271 e. The molecule has 1 aliphatic rings. The van der Waals surface area contributed by atoms with Crippen molar-refractivity contribution in [3.8, 4) is 0 Å². The van der Waals surface area contributed by atoms with Gasteiger partial charge in [-0.3, -0.25) is 4.79 Å². The van der Waals surface area contributed by atoms with E-state index in [4.69, 9.17) is 0 Å². The maximum atomic E-state index is 11.9. The molecule has 1 saturated heterocycles. The quantitative estimate of drug-likeness (QED) is 0.817. The van der Waals surface area contributed by atoms with E-state index in [1.54, 1.807) is 10.9 Å². The number of aromatic nitrogens is 1. The normalized spacial score (nSPS) is 30.0. The molecule has 4 nitrogen and oxygen atoms in total. The lowest BCUT2D eigenvalue weighted by molar-refractivity contribution is 0.0893. The first-order valence-corrected chi connectivity index (χ1v) is 6.55. The van der Waals surface area contributed by atoms with Gasteiger partial charge in [0.2, 0.25) is 0 Å². The van der Waals surface area contributed by atoms with Crippen LogP contribution >= 0.6 is 11.3 Å². The standard InChI is InChI=1S/C11H17N3OS/c1-7-3-4-12-8(2)10(7)14-11(15)9-5-16-6-13-9/h5-8,10,12H,3-4H2,1-2H3,(H,14,15). The van der Waals surface area contributed by atoms with E-state index in [-0.39, 0.29) is 11.9 Å². The Morgan fingerprint density at radius 3 is 3.06 bits per heavy atom. The lowest BCUT2D eigenvalue weighted by Gasteiger charge is -2.35. The average molecular weight is 239 g/mol. The van der Waals surface area contributed by atoms with Crippen LogP contribution in [-0.2, 0) is 0 Å². The van der Waals surface area contributed by atoms with Crippen LogP contribution in [0.25, 0.3) is 0 Å². The second kappa shape index (κ2) is 4.93. The molecule has 0 saturated carbocycles. The predicted molar refractivity (Wildman–Crippen MR) is 64.6 cm³/mol. The number of carbonyl (C=O) groups excluding carboxylic acids is 1. The van der Waals surface area contributed by atoms with Gasteiger partial charge in [0.1, 0.15) is 5.69 Å². The largest absolute Gasteiger partial charge is 0.346 e. The van der Waals surface area contributed by atoms with Crippen LogP contribution in [0.5, 0.6) is 0 Å². The molecule has 0 aromatic carbocycles. The fourth-order valence-corrected chi connectivity index (χ4v) is 2.69. The van der Waals surface area contributed by atoms with E-state index in [0.29, 0.717) is 17.7 Å². The summed E-state index contributed by atoms with van der Waals surface area (Å²) in [4.78, 5) is 15.9. The highest BCUT2D eigenvalue weighted by atomic mass is 32.1. The van der Waals surface area contributed by atoms with Crippen molar-refractivity contribution in [3.63, 3.8) is 0 Å². The number of thiazole rings is 1. The van der Waals surface area contributed by atoms with Crippen molar-refractivity contribution < 1.29 is 4.79 Å². The van der Waals surface area contributed by atoms with Crippen LogP contribution in [-0.4, -0.2) is 29.5 Å². The SMILES string of the molecule is CC1CCNC(C)C1NC(=O)c1cscn1. The Bertz CT molecular complexity index is 342. The molecule has 3 unspecified atom stereocenters. The lowest BCUT2D eigenvalue weighted by atomic mass is 9.89. The van der Waals surface area contributed by atoms with E-state index in [1.165, 1.54) is 11.3 Å². The number of hydrogen-bond acceptors (Lipinski definition) is 4. The molecule has 0 bridgehead atoms. The molecule has 1 aliphatic heterocycles. The molecular weight excluding hydrogens is 222 g/mol. The van der Waals surface area contributed by atoms with Gasteiger partial charge in [-0.15, -0.1) is 11.3 Å². The summed E-state index contributed by atoms with van der Waals surface area (Å²) in [6.07, 6.45) is 1.10. The zero-order chi connectivity index (χ0) is 11.5. The lowest BCUT2D eigenvalue weighted by Crippen LogP contribution is -2.55. The van der Waals surface area contributed by atoms with E-state index in [9.17, 15) is 4.79 Å². The van der Waals surface area contributed by atoms with Crippen LogP contribution in [0.1, 0.15) is 30.8 Å². The molecule has 1 aromatic heterocycles. The van der Waals surface area contributed by atoms with E-state index < -0.39 is 0 Å². The van der Waals surface area contributed by atoms with Crippen molar-refractivity contribution in [1.29, 1.82) is 0 Å². The van der Waals surface area contributed by atoms with E-state index in [0.717, 1.165) is 13.0 Å². The first-order chi connectivity index (χ1) is 7.68. The minimum atomic E-state index is -0.0614. The zero-order valence-electron chi connectivity index (χ0n) is 9.56. The van der Waals surface area contributed by atoms with Crippen molar-refractivity contribution in [2.75, 3.05) is 6.54 Å². The van der Waals surface area contributed by atoms with Crippen molar-refractivity contribution in [2.24, 2.45) is 5.92 Å². The number of amides is 1. The summed E-state index contributed by atoms with van der Waals surface area (Å²) in [6.45, 7) is 5.33. The molecule has 2 heterocycles. The van der Waals surface area contributed by atoms with Gasteiger partial charge in [-0.1, -0.05) is 6.92 Å². The third-order valence-electron chi connectivity index (χ3n) is 3.18. The highest BCUT2D eigenvalue weighted by Crippen LogP contribution is 2.16. The maximum Gasteiger partial charge on any atom is 0.271 e. The van der Waals surface area contributed by atoms with Crippen molar-refractivity contribution >= 4 is 17.2 Å². The van der Waals surface area contributed by atoms with Gasteiger partial charge in [0.15, 0.2) is 0 Å². The van der Waals surface area contributed by atoms with Crippen LogP contribution in [0.3, 0.4) is 0 Å². The number of rotatable bonds is 2. The van der Waals surface area contributed by atoms with Crippen LogP contribution in [0.4, 0.5) is 0 Å². The monoisotopic (exact) mass is 239 g/mol. The average Bonchev–Trinajstić information content (AvgIpc) is 2.76. The van der Waals surface area contributed by atoms with E-state index in [1.807, 2.05) is 0 Å². The highest BCUT2D eigenvalue weighted by Gasteiger charge is 2.29. The summed E-state index contributed by atoms with van der Waals surface area (Å²) in [5, 5.41) is 8.22. The minimum absolute atomic E-state index is 0.0614. The van der Waals surface area contributed by atoms with E-state index >= 15 is 0 Å². The number of nitrogens with zero attached hydrogens (tertiary/aromatic N) is 1. The Labute approximate surface area is 99.5 Å². The number of carbonyl (C=O) groups is 1. The summed E-state index contributed by atoms with van der Waals surface area (Å²) in [7, 11) is 0. The first-order valence-electron chi connectivity index (χ1n) is 5.61. The molecule has 2 rings (SSSR count). The Morgan fingerprint density at radius 1 is 1.62 bits per heavy atom. The molecule has 1 aromatic rings. The van der Waals surface area contributed by atoms with Gasteiger partial charge in [0, 0.05) is 17.5 Å². The van der Waals surface area contributed by atoms with Crippen molar-refractivity contribution in [3.05, 3.63) is 16.6 Å². The fourth-order valence-electron chi connectivity index (χ4n) is 2.16. The van der Waals surface area contributed by atoms with Gasteiger partial charge in [-0.2, -0.15) is 0 Å². The Hall–Kier alpha value is -0.940. The number of piperidine rings is 1. The second-order valence-corrected chi connectivity index (χ2v) is 5.10. The molecule has 1 fully saturated rings. The van der Waals surface area contributed by atoms with Crippen molar-refractivity contribution in [2.45, 2.75) is 32.4 Å². The van der Waals surface area contributed by atoms with E-state index in [2.05, 4.69) is 29.5 Å². The minimum Gasteiger partial charge on any atom is -0.346 e. The molecule has 88 valence electrons. The molecule has 5 heteroatoms. The summed E-state index contributed by atoms with van der Waals surface area (Å²) in [6, 6.07) is 0.522. The third kappa shape index (κ3) is 2.41. The number of hydrogen-bond donors (Lipinski definition) is 2. The first kappa shape index (κ1) is 11.5. The second-order valence-electron chi connectivity index (χ2n) is 4.38. The van der Waals surface area contributed by atoms with Gasteiger partial charge < -0.3 is 10.6 Å². The summed E-state index contributed by atoms with van der Waals surface area (Å²) in [5.74, 6) is 0.451. The maximum absolute atomic E-state index is 11.9. The predicted octanol–water partition coefficient (Wildman–Crippen LogP) is 1.26. The van der Waals surface area contributed by atoms with Gasteiger partial charge in [-0.05, 0) is 25.8 Å². The fraction of sp³-hybridized carbons (Fsp3) is 0.636. The molecular formula is C11H17N3OS. The molecule has 0 aliphatic carbocycles. The highest BCUT2D eigenvalue weighted by molar-refractivity contribution is 7.07. The Balaban J connectivity index is 2.00. The van der Waals surface area contributed by atoms with Gasteiger partial charge >= 0.3 is 0 Å². The topological polar surface area (TPSA) is 54.0 Å². The molecule has 0 radical (unpaired) electrons. The van der Waals surface area contributed by atoms with Crippen LogP contribution in [0.2, 0.25) is 0 Å². The van der Waals surface area contributed by atoms with Crippen molar-refractivity contribution in [1.82, 2.24) is 15.6 Å². The van der Waals surface area contributed by atoms with Crippen LogP contribution < -0.4 is 10.6 Å². The summed E-state index contributed by atoms with van der Waals surface area (Å²) in [5.41, 5.74) is 2.20. The molecule has 16 heavy (non-hydrogen) atoms. The van der Waals surface area contributed by atoms with Gasteiger partial charge in [0.25, 0.3) is 5.91 Å². The Kier molecular flexibility index (Phi) is 3.56. The third-order valence-corrected chi connectivity index (χ3v) is 3.77. The molecule has 0 spiro atoms. The molecule has 2 N–H and O–H groups in total. The summed E-state index contributed by atoms with van der Waals surface area (Å²) >= 11 is 1.44. The molecule has 1 amide bonds. The van der Waals surface area contributed by atoms with Gasteiger partial charge in [-0.25, -0.2) is 4.98 Å². The zero-order valence-corrected chi connectivity index (χ0v) is 10.4. The van der Waals surface area contributed by atoms with Crippen LogP contribution in [0, 0.1) is 5.92 Å². The number of nitrogens with one attached hydrogen (secondary N) is 2. The Morgan fingerprint density at radius 2 is 2.44 bits per heavy atom. The molecule has 3 atom stereocenters. The van der Waals surface area contributed by atoms with Gasteiger partial charge in [0.05, 0.1) is 5.51 Å².